The molecule has 2 rings (SSSR count). The second-order valence-corrected chi connectivity index (χ2v) is 6.23. The van der Waals surface area contributed by atoms with E-state index >= 15 is 0 Å². The summed E-state index contributed by atoms with van der Waals surface area (Å²) < 4.78 is 32.8. The van der Waals surface area contributed by atoms with Crippen molar-refractivity contribution in [2.24, 2.45) is 0 Å². The zero-order valence-electron chi connectivity index (χ0n) is 11.7. The van der Waals surface area contributed by atoms with Gasteiger partial charge in [-0.1, -0.05) is 18.2 Å². The molecule has 5 nitrogen and oxygen atoms in total. The molecule has 20 heavy (non-hydrogen) atoms. The van der Waals surface area contributed by atoms with Crippen LogP contribution < -0.4 is 10.0 Å². The van der Waals surface area contributed by atoms with E-state index in [4.69, 9.17) is 4.42 Å². The van der Waals surface area contributed by atoms with Gasteiger partial charge in [-0.05, 0) is 32.5 Å². The monoisotopic (exact) mass is 294 g/mol. The molecule has 1 heterocycles. The van der Waals surface area contributed by atoms with Gasteiger partial charge in [0.05, 0.1) is 12.2 Å². The molecule has 2 N–H and O–H groups in total. The Hall–Kier alpha value is -1.79. The van der Waals surface area contributed by atoms with E-state index in [0.29, 0.717) is 23.8 Å². The Labute approximate surface area is 119 Å². The first kappa shape index (κ1) is 14.6. The van der Waals surface area contributed by atoms with Gasteiger partial charge in [-0.15, -0.1) is 0 Å². The topological polar surface area (TPSA) is 71.3 Å². The number of hydrogen-bond donors (Lipinski definition) is 2. The van der Waals surface area contributed by atoms with Crippen LogP contribution in [0.15, 0.2) is 39.6 Å². The van der Waals surface area contributed by atoms with Gasteiger partial charge in [0.15, 0.2) is 0 Å². The molecule has 0 bridgehead atoms. The number of aryl methyl sites for hydroxylation is 2. The summed E-state index contributed by atoms with van der Waals surface area (Å²) in [6.07, 6.45) is 0. The molecule has 1 aromatic carbocycles. The highest BCUT2D eigenvalue weighted by Crippen LogP contribution is 2.24. The lowest BCUT2D eigenvalue weighted by Crippen LogP contribution is -2.14. The van der Waals surface area contributed by atoms with Crippen LogP contribution in [-0.4, -0.2) is 15.5 Å². The average Bonchev–Trinajstić information content (AvgIpc) is 2.74. The van der Waals surface area contributed by atoms with Crippen molar-refractivity contribution in [3.63, 3.8) is 0 Å². The summed E-state index contributed by atoms with van der Waals surface area (Å²) in [4.78, 5) is 0.172. The summed E-state index contributed by atoms with van der Waals surface area (Å²) in [5.41, 5.74) is 1.44. The van der Waals surface area contributed by atoms with Gasteiger partial charge in [0.1, 0.15) is 16.4 Å². The highest BCUT2D eigenvalue weighted by molar-refractivity contribution is 7.92. The van der Waals surface area contributed by atoms with E-state index in [-0.39, 0.29) is 4.90 Å². The lowest BCUT2D eigenvalue weighted by molar-refractivity contribution is 0.466. The summed E-state index contributed by atoms with van der Waals surface area (Å²) in [7, 11) is -1.86. The van der Waals surface area contributed by atoms with Crippen LogP contribution in [0.5, 0.6) is 0 Å². The first-order valence-corrected chi connectivity index (χ1v) is 7.74. The molecule has 0 unspecified atom stereocenters. The molecule has 0 atom stereocenters. The molecule has 0 spiro atoms. The van der Waals surface area contributed by atoms with Crippen molar-refractivity contribution in [3.05, 3.63) is 47.4 Å². The van der Waals surface area contributed by atoms with Crippen LogP contribution in [0.4, 0.5) is 5.69 Å². The third-order valence-electron chi connectivity index (χ3n) is 2.95. The SMILES string of the molecule is CNCc1cc(S(=O)(=O)Nc2ccccc2C)c(C)o1. The predicted octanol–water partition coefficient (Wildman–Crippen LogP) is 2.42. The standard InChI is InChI=1S/C14H18N2O3S/c1-10-6-4-5-7-13(10)16-20(17,18)14-8-12(9-15-3)19-11(14)2/h4-8,15-16H,9H2,1-3H3. The van der Waals surface area contributed by atoms with E-state index in [2.05, 4.69) is 10.0 Å². The lowest BCUT2D eigenvalue weighted by atomic mass is 10.2. The summed E-state index contributed by atoms with van der Waals surface area (Å²) in [6.45, 7) is 3.98. The van der Waals surface area contributed by atoms with E-state index in [1.54, 1.807) is 32.2 Å². The Balaban J connectivity index is 2.33. The number of benzene rings is 1. The largest absolute Gasteiger partial charge is 0.464 e. The van der Waals surface area contributed by atoms with Crippen LogP contribution in [0.3, 0.4) is 0 Å². The fourth-order valence-corrected chi connectivity index (χ4v) is 3.27. The molecule has 0 fully saturated rings. The van der Waals surface area contributed by atoms with Gasteiger partial charge in [-0.2, -0.15) is 0 Å². The number of hydrogen-bond acceptors (Lipinski definition) is 4. The van der Waals surface area contributed by atoms with Crippen molar-refractivity contribution in [1.82, 2.24) is 5.32 Å². The zero-order chi connectivity index (χ0) is 14.8. The van der Waals surface area contributed by atoms with Gasteiger partial charge in [0, 0.05) is 6.07 Å². The Kier molecular flexibility index (Phi) is 4.15. The van der Waals surface area contributed by atoms with Crippen molar-refractivity contribution in [3.8, 4) is 0 Å². The summed E-state index contributed by atoms with van der Waals surface area (Å²) >= 11 is 0. The van der Waals surface area contributed by atoms with Crippen LogP contribution in [0, 0.1) is 13.8 Å². The Bertz CT molecular complexity index is 705. The van der Waals surface area contributed by atoms with Crippen molar-refractivity contribution < 1.29 is 12.8 Å². The second-order valence-electron chi connectivity index (χ2n) is 4.58. The van der Waals surface area contributed by atoms with Crippen LogP contribution in [-0.2, 0) is 16.6 Å². The van der Waals surface area contributed by atoms with Crippen molar-refractivity contribution in [2.45, 2.75) is 25.3 Å². The first-order valence-electron chi connectivity index (χ1n) is 6.26. The van der Waals surface area contributed by atoms with Crippen molar-refractivity contribution >= 4 is 15.7 Å². The summed E-state index contributed by atoms with van der Waals surface area (Å²) in [6, 6.07) is 8.79. The van der Waals surface area contributed by atoms with Gasteiger partial charge in [0.2, 0.25) is 0 Å². The molecule has 0 aliphatic carbocycles. The second kappa shape index (κ2) is 5.68. The van der Waals surface area contributed by atoms with E-state index in [0.717, 1.165) is 5.56 Å². The number of sulfonamides is 1. The Morgan fingerprint density at radius 2 is 1.90 bits per heavy atom. The molecule has 0 radical (unpaired) electrons. The highest BCUT2D eigenvalue weighted by atomic mass is 32.2. The minimum atomic E-state index is -3.64. The maximum absolute atomic E-state index is 12.4. The quantitative estimate of drug-likeness (QED) is 0.888. The zero-order valence-corrected chi connectivity index (χ0v) is 12.5. The molecular formula is C14H18N2O3S. The molecule has 0 amide bonds. The predicted molar refractivity (Wildman–Crippen MR) is 78.2 cm³/mol. The van der Waals surface area contributed by atoms with E-state index in [9.17, 15) is 8.42 Å². The van der Waals surface area contributed by atoms with Crippen molar-refractivity contribution in [1.29, 1.82) is 0 Å². The minimum absolute atomic E-state index is 0.172. The molecule has 6 heteroatoms. The maximum atomic E-state index is 12.4. The maximum Gasteiger partial charge on any atom is 0.265 e. The van der Waals surface area contributed by atoms with Gasteiger partial charge in [0.25, 0.3) is 10.0 Å². The van der Waals surface area contributed by atoms with Crippen LogP contribution in [0.2, 0.25) is 0 Å². The van der Waals surface area contributed by atoms with Gasteiger partial charge in [-0.3, -0.25) is 4.72 Å². The van der Waals surface area contributed by atoms with Gasteiger partial charge in [-0.25, -0.2) is 8.42 Å². The Morgan fingerprint density at radius 3 is 2.55 bits per heavy atom. The number of rotatable bonds is 5. The van der Waals surface area contributed by atoms with E-state index < -0.39 is 10.0 Å². The number of nitrogens with one attached hydrogen (secondary N) is 2. The molecule has 2 aromatic rings. The van der Waals surface area contributed by atoms with Gasteiger partial charge < -0.3 is 9.73 Å². The van der Waals surface area contributed by atoms with Crippen LogP contribution in [0.1, 0.15) is 17.1 Å². The number of anilines is 1. The van der Waals surface area contributed by atoms with Crippen LogP contribution >= 0.6 is 0 Å². The summed E-state index contributed by atoms with van der Waals surface area (Å²) in [5, 5.41) is 2.93. The molecule has 108 valence electrons. The molecule has 0 saturated carbocycles. The molecule has 0 aliphatic heterocycles. The first-order chi connectivity index (χ1) is 9.44. The third kappa shape index (κ3) is 3.02. The number of para-hydroxylation sites is 1. The lowest BCUT2D eigenvalue weighted by Gasteiger charge is -2.09. The van der Waals surface area contributed by atoms with Crippen LogP contribution in [0.25, 0.3) is 0 Å². The molecular weight excluding hydrogens is 276 g/mol. The fraction of sp³-hybridized carbons (Fsp3) is 0.286. The highest BCUT2D eigenvalue weighted by Gasteiger charge is 2.21. The number of furan rings is 1. The molecule has 0 aliphatic rings. The molecule has 0 saturated heterocycles. The minimum Gasteiger partial charge on any atom is -0.464 e. The molecule has 1 aromatic heterocycles. The fourth-order valence-electron chi connectivity index (χ4n) is 1.94. The third-order valence-corrected chi connectivity index (χ3v) is 4.43. The van der Waals surface area contributed by atoms with Crippen molar-refractivity contribution in [2.75, 3.05) is 11.8 Å². The average molecular weight is 294 g/mol. The Morgan fingerprint density at radius 1 is 1.20 bits per heavy atom. The normalized spacial score (nSPS) is 11.6. The smallest absolute Gasteiger partial charge is 0.265 e. The van der Waals surface area contributed by atoms with E-state index in [1.807, 2.05) is 19.1 Å². The summed E-state index contributed by atoms with van der Waals surface area (Å²) in [5.74, 6) is 0.978. The van der Waals surface area contributed by atoms with E-state index in [1.165, 1.54) is 0 Å². The van der Waals surface area contributed by atoms with Gasteiger partial charge >= 0.3 is 0 Å².